The number of nitrogens with zero attached hydrogens (tertiary/aromatic N) is 2. The van der Waals surface area contributed by atoms with Gasteiger partial charge >= 0.3 is 0 Å². The zero-order chi connectivity index (χ0) is 13.7. The van der Waals surface area contributed by atoms with Gasteiger partial charge in [-0.15, -0.1) is 0 Å². The molecule has 0 fully saturated rings. The molecule has 1 heterocycles. The Labute approximate surface area is 118 Å². The summed E-state index contributed by atoms with van der Waals surface area (Å²) in [5, 5.41) is 0.715. The number of ether oxygens (including phenoxy) is 1. The van der Waals surface area contributed by atoms with Gasteiger partial charge in [-0.05, 0) is 38.1 Å². The number of halogens is 1. The van der Waals surface area contributed by atoms with Crippen LogP contribution in [0, 0.1) is 0 Å². The summed E-state index contributed by atoms with van der Waals surface area (Å²) in [6.07, 6.45) is 1.82. The van der Waals surface area contributed by atoms with Crippen LogP contribution in [0.15, 0.2) is 18.2 Å². The van der Waals surface area contributed by atoms with E-state index in [4.69, 9.17) is 22.1 Å². The fourth-order valence-electron chi connectivity index (χ4n) is 2.15. The molecule has 1 aromatic carbocycles. The molecule has 5 heteroatoms. The molecule has 2 rings (SSSR count). The monoisotopic (exact) mass is 281 g/mol. The number of hydrogen-bond acceptors (Lipinski definition) is 3. The quantitative estimate of drug-likeness (QED) is 0.794. The average molecular weight is 282 g/mol. The molecule has 104 valence electrons. The number of aryl methyl sites for hydroxylation is 1. The number of hydrogen-bond donors (Lipinski definition) is 1. The smallest absolute Gasteiger partial charge is 0.109 e. The number of benzene rings is 1. The van der Waals surface area contributed by atoms with E-state index in [-0.39, 0.29) is 0 Å². The van der Waals surface area contributed by atoms with Gasteiger partial charge in [-0.2, -0.15) is 0 Å². The molecular formula is C14H20ClN3O. The van der Waals surface area contributed by atoms with E-state index in [1.54, 1.807) is 0 Å². The van der Waals surface area contributed by atoms with Crippen molar-refractivity contribution in [3.8, 4) is 0 Å². The topological polar surface area (TPSA) is 53.1 Å². The summed E-state index contributed by atoms with van der Waals surface area (Å²) in [4.78, 5) is 4.66. The summed E-state index contributed by atoms with van der Waals surface area (Å²) < 4.78 is 7.64. The number of nitrogens with two attached hydrogens (primary N) is 1. The number of fused-ring (bicyclic) bond motifs is 1. The molecule has 0 saturated carbocycles. The maximum Gasteiger partial charge on any atom is 0.109 e. The van der Waals surface area contributed by atoms with E-state index >= 15 is 0 Å². The molecule has 0 atom stereocenters. The molecular weight excluding hydrogens is 262 g/mol. The van der Waals surface area contributed by atoms with Crippen LogP contribution in [-0.2, 0) is 17.7 Å². The second-order valence-corrected chi connectivity index (χ2v) is 4.84. The van der Waals surface area contributed by atoms with Crippen LogP contribution in [0.5, 0.6) is 0 Å². The highest BCUT2D eigenvalue weighted by atomic mass is 35.5. The van der Waals surface area contributed by atoms with Crippen molar-refractivity contribution in [2.75, 3.05) is 19.8 Å². The largest absolute Gasteiger partial charge is 0.380 e. The van der Waals surface area contributed by atoms with E-state index in [0.29, 0.717) is 18.2 Å². The van der Waals surface area contributed by atoms with Gasteiger partial charge in [0.2, 0.25) is 0 Å². The Morgan fingerprint density at radius 3 is 3.00 bits per heavy atom. The van der Waals surface area contributed by atoms with Gasteiger partial charge in [0.25, 0.3) is 0 Å². The maximum atomic E-state index is 6.02. The van der Waals surface area contributed by atoms with Crippen molar-refractivity contribution in [1.29, 1.82) is 0 Å². The summed E-state index contributed by atoms with van der Waals surface area (Å²) in [6, 6.07) is 5.82. The Kier molecular flexibility index (Phi) is 5.19. The van der Waals surface area contributed by atoms with Crippen LogP contribution >= 0.6 is 11.6 Å². The third kappa shape index (κ3) is 3.47. The summed E-state index contributed by atoms with van der Waals surface area (Å²) in [5.41, 5.74) is 7.63. The number of rotatable bonds is 7. The predicted molar refractivity (Wildman–Crippen MR) is 78.6 cm³/mol. The molecule has 0 unspecified atom stereocenters. The third-order valence-electron chi connectivity index (χ3n) is 3.06. The second-order valence-electron chi connectivity index (χ2n) is 4.40. The van der Waals surface area contributed by atoms with E-state index in [0.717, 1.165) is 42.9 Å². The SMILES string of the molecule is CCOCCn1c(CCCN)nc2cc(Cl)ccc21. The average Bonchev–Trinajstić information content (AvgIpc) is 2.74. The Bertz CT molecular complexity index is 539. The van der Waals surface area contributed by atoms with Crippen molar-refractivity contribution >= 4 is 22.6 Å². The van der Waals surface area contributed by atoms with Crippen LogP contribution in [0.3, 0.4) is 0 Å². The van der Waals surface area contributed by atoms with Gasteiger partial charge in [0.15, 0.2) is 0 Å². The fourth-order valence-corrected chi connectivity index (χ4v) is 2.32. The van der Waals surface area contributed by atoms with Crippen LogP contribution in [0.25, 0.3) is 11.0 Å². The highest BCUT2D eigenvalue weighted by Crippen LogP contribution is 2.21. The minimum Gasteiger partial charge on any atom is -0.380 e. The zero-order valence-electron chi connectivity index (χ0n) is 11.2. The van der Waals surface area contributed by atoms with Crippen molar-refractivity contribution in [2.45, 2.75) is 26.3 Å². The zero-order valence-corrected chi connectivity index (χ0v) is 12.0. The van der Waals surface area contributed by atoms with Gasteiger partial charge in [-0.1, -0.05) is 11.6 Å². The van der Waals surface area contributed by atoms with Gasteiger partial charge < -0.3 is 15.0 Å². The van der Waals surface area contributed by atoms with Gasteiger partial charge in [-0.25, -0.2) is 4.98 Å². The second kappa shape index (κ2) is 6.89. The Hall–Kier alpha value is -1.10. The van der Waals surface area contributed by atoms with Crippen molar-refractivity contribution in [3.05, 3.63) is 29.0 Å². The van der Waals surface area contributed by atoms with Crippen molar-refractivity contribution < 1.29 is 4.74 Å². The lowest BCUT2D eigenvalue weighted by Gasteiger charge is -2.09. The first-order valence-corrected chi connectivity index (χ1v) is 7.06. The van der Waals surface area contributed by atoms with Gasteiger partial charge in [0, 0.05) is 24.6 Å². The molecule has 2 N–H and O–H groups in total. The minimum absolute atomic E-state index is 0.676. The van der Waals surface area contributed by atoms with Gasteiger partial charge in [-0.3, -0.25) is 0 Å². The van der Waals surface area contributed by atoms with E-state index in [2.05, 4.69) is 9.55 Å². The van der Waals surface area contributed by atoms with Crippen LogP contribution in [0.2, 0.25) is 5.02 Å². The summed E-state index contributed by atoms with van der Waals surface area (Å²) in [7, 11) is 0. The van der Waals surface area contributed by atoms with Crippen LogP contribution in [0.1, 0.15) is 19.2 Å². The Morgan fingerprint density at radius 1 is 1.42 bits per heavy atom. The first-order chi connectivity index (χ1) is 9.26. The molecule has 19 heavy (non-hydrogen) atoms. The van der Waals surface area contributed by atoms with E-state index in [1.165, 1.54) is 0 Å². The maximum absolute atomic E-state index is 6.02. The van der Waals surface area contributed by atoms with Crippen molar-refractivity contribution in [3.63, 3.8) is 0 Å². The molecule has 4 nitrogen and oxygen atoms in total. The molecule has 0 saturated heterocycles. The summed E-state index contributed by atoms with van der Waals surface area (Å²) >= 11 is 6.02. The van der Waals surface area contributed by atoms with Crippen molar-refractivity contribution in [2.24, 2.45) is 5.73 Å². The molecule has 0 spiro atoms. The lowest BCUT2D eigenvalue weighted by atomic mass is 10.3. The minimum atomic E-state index is 0.676. The highest BCUT2D eigenvalue weighted by molar-refractivity contribution is 6.31. The summed E-state index contributed by atoms with van der Waals surface area (Å²) in [6.45, 7) is 4.92. The van der Waals surface area contributed by atoms with E-state index in [9.17, 15) is 0 Å². The fraction of sp³-hybridized carbons (Fsp3) is 0.500. The highest BCUT2D eigenvalue weighted by Gasteiger charge is 2.10. The lowest BCUT2D eigenvalue weighted by molar-refractivity contribution is 0.139. The molecule has 0 amide bonds. The Morgan fingerprint density at radius 2 is 2.26 bits per heavy atom. The molecule has 0 aliphatic carbocycles. The Balaban J connectivity index is 2.31. The molecule has 1 aromatic heterocycles. The number of imidazole rings is 1. The molecule has 0 radical (unpaired) electrons. The van der Waals surface area contributed by atoms with E-state index < -0.39 is 0 Å². The summed E-state index contributed by atoms with van der Waals surface area (Å²) in [5.74, 6) is 1.06. The first kappa shape index (κ1) is 14.3. The van der Waals surface area contributed by atoms with Crippen molar-refractivity contribution in [1.82, 2.24) is 9.55 Å². The van der Waals surface area contributed by atoms with Gasteiger partial charge in [0.05, 0.1) is 17.6 Å². The van der Waals surface area contributed by atoms with Crippen LogP contribution < -0.4 is 5.73 Å². The normalized spacial score (nSPS) is 11.3. The molecule has 2 aromatic rings. The van der Waals surface area contributed by atoms with Crippen LogP contribution in [0.4, 0.5) is 0 Å². The standard InChI is InChI=1S/C14H20ClN3O/c1-2-19-9-8-18-13-6-5-11(15)10-12(13)17-14(18)4-3-7-16/h5-6,10H,2-4,7-9,16H2,1H3. The molecule has 0 aliphatic heterocycles. The van der Waals surface area contributed by atoms with Gasteiger partial charge in [0.1, 0.15) is 5.82 Å². The lowest BCUT2D eigenvalue weighted by Crippen LogP contribution is -2.11. The number of aromatic nitrogens is 2. The molecule has 0 aliphatic rings. The first-order valence-electron chi connectivity index (χ1n) is 6.68. The molecule has 0 bridgehead atoms. The van der Waals surface area contributed by atoms with Crippen LogP contribution in [-0.4, -0.2) is 29.3 Å². The predicted octanol–water partition coefficient (Wildman–Crippen LogP) is 2.62. The van der Waals surface area contributed by atoms with E-state index in [1.807, 2.05) is 25.1 Å². The third-order valence-corrected chi connectivity index (χ3v) is 3.29.